The van der Waals surface area contributed by atoms with E-state index in [1.54, 1.807) is 11.8 Å². The number of carbonyl (C=O) groups is 2. The molecule has 6 rings (SSSR count). The number of benzene rings is 3. The second kappa shape index (κ2) is 20.7. The molecule has 2 saturated heterocycles. The standard InChI is InChI=1S/C23H25N3O2S.C21H35NO2SSi/c1-26-20(9-12-24-26)15-17-5-7-21(8-6-17)29-22-4-2-3-19(16-22)25-23(27)18-10-13-28-14-11-18;1-15(2)26(16(3)4,17(5)6)25-20-9-7-8-19(14-20)22-21(23)18-10-12-24-13-11-18/h2-9,12,16,18H,10-11,13-15H2,1H3,(H,25,27);7-9,14-18H,10-13H2,1-6H3,(H,22,23). The van der Waals surface area contributed by atoms with E-state index in [9.17, 15) is 9.59 Å². The molecule has 8 nitrogen and oxygen atoms in total. The van der Waals surface area contributed by atoms with Crippen LogP contribution < -0.4 is 10.6 Å². The fourth-order valence-electron chi connectivity index (χ4n) is 7.84. The van der Waals surface area contributed by atoms with Crippen molar-refractivity contribution in [3.05, 3.63) is 96.3 Å². The van der Waals surface area contributed by atoms with Gasteiger partial charge in [0.15, 0.2) is 0 Å². The lowest BCUT2D eigenvalue weighted by atomic mass is 9.99. The summed E-state index contributed by atoms with van der Waals surface area (Å²) in [4.78, 5) is 28.5. The number of nitrogens with zero attached hydrogens (tertiary/aromatic N) is 2. The minimum Gasteiger partial charge on any atom is -0.381 e. The largest absolute Gasteiger partial charge is 0.381 e. The molecule has 296 valence electrons. The van der Waals surface area contributed by atoms with Crippen molar-refractivity contribution in [2.45, 2.75) is 105 Å². The maximum atomic E-state index is 12.5. The highest BCUT2D eigenvalue weighted by Crippen LogP contribution is 2.52. The van der Waals surface area contributed by atoms with Gasteiger partial charge in [-0.2, -0.15) is 16.3 Å². The van der Waals surface area contributed by atoms with Crippen molar-refractivity contribution in [3.63, 3.8) is 0 Å². The molecule has 2 fully saturated rings. The Kier molecular flexibility index (Phi) is 16.1. The fraction of sp³-hybridized carbons (Fsp3) is 0.477. The minimum atomic E-state index is -1.58. The van der Waals surface area contributed by atoms with Gasteiger partial charge in [0.2, 0.25) is 11.8 Å². The number of ether oxygens (including phenoxy) is 2. The number of aryl methyl sites for hydroxylation is 1. The first-order valence-electron chi connectivity index (χ1n) is 19.8. The molecule has 3 aromatic carbocycles. The van der Waals surface area contributed by atoms with Crippen molar-refractivity contribution in [3.8, 4) is 0 Å². The lowest BCUT2D eigenvalue weighted by Gasteiger charge is -2.42. The van der Waals surface area contributed by atoms with E-state index in [1.807, 2.05) is 48.3 Å². The van der Waals surface area contributed by atoms with Crippen LogP contribution in [-0.4, -0.2) is 55.2 Å². The summed E-state index contributed by atoms with van der Waals surface area (Å²) in [6.45, 7) is 17.0. The molecule has 55 heavy (non-hydrogen) atoms. The topological polar surface area (TPSA) is 94.5 Å². The number of carbonyl (C=O) groups excluding carboxylic acids is 2. The monoisotopic (exact) mass is 800 g/mol. The highest BCUT2D eigenvalue weighted by molar-refractivity contribution is 8.29. The molecule has 2 N–H and O–H groups in total. The van der Waals surface area contributed by atoms with E-state index >= 15 is 0 Å². The van der Waals surface area contributed by atoms with Gasteiger partial charge in [-0.1, -0.05) is 77.6 Å². The van der Waals surface area contributed by atoms with Crippen LogP contribution in [0.5, 0.6) is 0 Å². The highest BCUT2D eigenvalue weighted by Gasteiger charge is 2.44. The summed E-state index contributed by atoms with van der Waals surface area (Å²) in [5.41, 5.74) is 6.33. The van der Waals surface area contributed by atoms with Gasteiger partial charge in [0.25, 0.3) is 0 Å². The van der Waals surface area contributed by atoms with Crippen LogP contribution in [-0.2, 0) is 32.5 Å². The number of hydrogen-bond acceptors (Lipinski definition) is 7. The summed E-state index contributed by atoms with van der Waals surface area (Å²) in [5.74, 6) is 0.355. The first-order valence-corrected chi connectivity index (χ1v) is 24.4. The Morgan fingerprint density at radius 2 is 1.20 bits per heavy atom. The molecule has 0 radical (unpaired) electrons. The molecule has 2 aliphatic rings. The van der Waals surface area contributed by atoms with Crippen LogP contribution >= 0.6 is 23.0 Å². The van der Waals surface area contributed by atoms with E-state index < -0.39 is 7.22 Å². The highest BCUT2D eigenvalue weighted by atomic mass is 32.4. The van der Waals surface area contributed by atoms with Crippen molar-refractivity contribution < 1.29 is 19.1 Å². The van der Waals surface area contributed by atoms with Crippen molar-refractivity contribution >= 4 is 53.4 Å². The third kappa shape index (κ3) is 12.1. The molecule has 0 spiro atoms. The van der Waals surface area contributed by atoms with Crippen LogP contribution in [0.3, 0.4) is 0 Å². The summed E-state index contributed by atoms with van der Waals surface area (Å²) in [7, 11) is 0.390. The zero-order valence-corrected chi connectivity index (χ0v) is 36.3. The molecule has 2 aliphatic heterocycles. The normalized spacial score (nSPS) is 15.5. The Balaban J connectivity index is 0.000000213. The van der Waals surface area contributed by atoms with Crippen molar-refractivity contribution in [1.29, 1.82) is 0 Å². The van der Waals surface area contributed by atoms with Crippen LogP contribution in [0, 0.1) is 11.8 Å². The second-order valence-electron chi connectivity index (χ2n) is 15.6. The molecule has 2 amide bonds. The molecule has 11 heteroatoms. The van der Waals surface area contributed by atoms with Crippen LogP contribution in [0.2, 0.25) is 16.6 Å². The third-order valence-electron chi connectivity index (χ3n) is 10.9. The molecule has 1 aromatic heterocycles. The van der Waals surface area contributed by atoms with E-state index in [0.29, 0.717) is 43.1 Å². The predicted octanol–water partition coefficient (Wildman–Crippen LogP) is 10.8. The lowest BCUT2D eigenvalue weighted by molar-refractivity contribution is -0.123. The number of nitrogens with one attached hydrogen (secondary N) is 2. The predicted molar refractivity (Wildman–Crippen MR) is 231 cm³/mol. The lowest BCUT2D eigenvalue weighted by Crippen LogP contribution is -2.40. The Hall–Kier alpha value is -3.35. The van der Waals surface area contributed by atoms with E-state index in [0.717, 1.165) is 48.4 Å². The van der Waals surface area contributed by atoms with Gasteiger partial charge >= 0.3 is 0 Å². The quantitative estimate of drug-likeness (QED) is 0.130. The molecule has 0 bridgehead atoms. The van der Waals surface area contributed by atoms with Gasteiger partial charge in [0.1, 0.15) is 7.22 Å². The summed E-state index contributed by atoms with van der Waals surface area (Å²) in [5, 5.41) is 10.4. The minimum absolute atomic E-state index is 0.0482. The van der Waals surface area contributed by atoms with Crippen LogP contribution in [0.25, 0.3) is 0 Å². The zero-order chi connectivity index (χ0) is 39.4. The summed E-state index contributed by atoms with van der Waals surface area (Å²) in [6.07, 6.45) is 5.94. The van der Waals surface area contributed by atoms with E-state index in [2.05, 4.69) is 117 Å². The maximum absolute atomic E-state index is 12.5. The van der Waals surface area contributed by atoms with E-state index in [4.69, 9.17) is 9.47 Å². The molecular weight excluding hydrogens is 741 g/mol. The summed E-state index contributed by atoms with van der Waals surface area (Å²) < 4.78 is 12.6. The van der Waals surface area contributed by atoms with Crippen molar-refractivity contribution in [2.75, 3.05) is 37.1 Å². The number of anilines is 2. The Labute approximate surface area is 338 Å². The van der Waals surface area contributed by atoms with Gasteiger partial charge in [-0.05, 0) is 102 Å². The van der Waals surface area contributed by atoms with Gasteiger partial charge in [-0.3, -0.25) is 14.3 Å². The summed E-state index contributed by atoms with van der Waals surface area (Å²) in [6, 6.07) is 27.1. The van der Waals surface area contributed by atoms with Gasteiger partial charge in [0.05, 0.1) is 0 Å². The van der Waals surface area contributed by atoms with Gasteiger partial charge in [-0.25, -0.2) is 0 Å². The first-order chi connectivity index (χ1) is 26.4. The fourth-order valence-corrected chi connectivity index (χ4v) is 17.9. The zero-order valence-electron chi connectivity index (χ0n) is 33.7. The SMILES string of the molecule is CC(C)[Si](Sc1cccc(NC(=O)C2CCOCC2)c1)(C(C)C)C(C)C.Cn1nccc1Cc1ccc(Sc2cccc(NC(=O)C3CCOCC3)c2)cc1. The Morgan fingerprint density at radius 3 is 1.67 bits per heavy atom. The Morgan fingerprint density at radius 1 is 0.709 bits per heavy atom. The number of rotatable bonds is 13. The van der Waals surface area contributed by atoms with E-state index in [1.165, 1.54) is 21.0 Å². The number of aromatic nitrogens is 2. The summed E-state index contributed by atoms with van der Waals surface area (Å²) >= 11 is 3.80. The Bertz CT molecular complexity index is 1800. The van der Waals surface area contributed by atoms with E-state index in [-0.39, 0.29) is 23.7 Å². The molecule has 0 atom stereocenters. The first kappa shape index (κ1) is 42.8. The van der Waals surface area contributed by atoms with Crippen LogP contribution in [0.4, 0.5) is 11.4 Å². The number of hydrogen-bond donors (Lipinski definition) is 2. The van der Waals surface area contributed by atoms with Gasteiger partial charge in [-0.15, -0.1) is 0 Å². The smallest absolute Gasteiger partial charge is 0.227 e. The maximum Gasteiger partial charge on any atom is 0.227 e. The van der Waals surface area contributed by atoms with Crippen molar-refractivity contribution in [1.82, 2.24) is 9.78 Å². The molecular formula is C44H60N4O4S2Si. The van der Waals surface area contributed by atoms with Gasteiger partial charge < -0.3 is 20.1 Å². The third-order valence-corrected chi connectivity index (χ3v) is 24.1. The second-order valence-corrected chi connectivity index (χ2v) is 25.3. The molecule has 0 aliphatic carbocycles. The average molecular weight is 801 g/mol. The molecule has 0 saturated carbocycles. The molecule has 0 unspecified atom stereocenters. The van der Waals surface area contributed by atoms with Gasteiger partial charge in [0, 0.05) is 89.7 Å². The van der Waals surface area contributed by atoms with Crippen LogP contribution in [0.1, 0.15) is 78.5 Å². The van der Waals surface area contributed by atoms with Crippen molar-refractivity contribution in [2.24, 2.45) is 18.9 Å². The molecule has 4 aromatic rings. The number of amides is 2. The molecule has 3 heterocycles. The van der Waals surface area contributed by atoms with Crippen LogP contribution in [0.15, 0.2) is 99.7 Å². The average Bonchev–Trinajstić information content (AvgIpc) is 3.58.